The third-order valence-electron chi connectivity index (χ3n) is 3.72. The minimum absolute atomic E-state index is 0.0144. The predicted octanol–water partition coefficient (Wildman–Crippen LogP) is 2.89. The lowest BCUT2D eigenvalue weighted by molar-refractivity contribution is 0.0947. The zero-order valence-electron chi connectivity index (χ0n) is 11.5. The smallest absolute Gasteiger partial charge is 0.251 e. The third kappa shape index (κ3) is 3.63. The van der Waals surface area contributed by atoms with Crippen molar-refractivity contribution < 1.29 is 4.79 Å². The normalized spacial score (nSPS) is 22.3. The number of rotatable bonds is 4. The summed E-state index contributed by atoms with van der Waals surface area (Å²) in [7, 11) is 3.93. The second-order valence-corrected chi connectivity index (χ2v) is 5.92. The number of benzene rings is 1. The van der Waals surface area contributed by atoms with E-state index >= 15 is 0 Å². The van der Waals surface area contributed by atoms with Crippen molar-refractivity contribution in [2.24, 2.45) is 5.92 Å². The minimum atomic E-state index is -0.0144. The second-order valence-electron chi connectivity index (χ2n) is 5.36. The molecule has 0 spiro atoms. The van der Waals surface area contributed by atoms with E-state index in [1.54, 1.807) is 0 Å². The van der Waals surface area contributed by atoms with E-state index in [-0.39, 0.29) is 11.3 Å². The van der Waals surface area contributed by atoms with Crippen molar-refractivity contribution in [2.45, 2.75) is 24.6 Å². The maximum absolute atomic E-state index is 12.1. The van der Waals surface area contributed by atoms with Crippen LogP contribution in [0.3, 0.4) is 0 Å². The molecule has 2 unspecified atom stereocenters. The Bertz CT molecular complexity index is 448. The van der Waals surface area contributed by atoms with Crippen LogP contribution < -0.4 is 10.2 Å². The molecular weight excluding hydrogens is 260 g/mol. The van der Waals surface area contributed by atoms with Crippen molar-refractivity contribution in [1.82, 2.24) is 5.32 Å². The fourth-order valence-electron chi connectivity index (χ4n) is 2.47. The average molecular weight is 281 g/mol. The molecule has 4 heteroatoms. The molecule has 0 heterocycles. The van der Waals surface area contributed by atoms with Gasteiger partial charge in [0.2, 0.25) is 0 Å². The number of hydrogen-bond donors (Lipinski definition) is 1. The summed E-state index contributed by atoms with van der Waals surface area (Å²) >= 11 is 6.22. The number of alkyl halides is 1. The van der Waals surface area contributed by atoms with E-state index in [4.69, 9.17) is 11.6 Å². The van der Waals surface area contributed by atoms with Gasteiger partial charge >= 0.3 is 0 Å². The van der Waals surface area contributed by atoms with E-state index in [2.05, 4.69) is 5.32 Å². The summed E-state index contributed by atoms with van der Waals surface area (Å²) in [6, 6.07) is 7.64. The summed E-state index contributed by atoms with van der Waals surface area (Å²) in [5.74, 6) is 0.405. The van der Waals surface area contributed by atoms with Gasteiger partial charge in [-0.05, 0) is 37.0 Å². The largest absolute Gasteiger partial charge is 0.378 e. The molecule has 0 aromatic heterocycles. The molecule has 2 atom stereocenters. The molecule has 0 radical (unpaired) electrons. The number of anilines is 1. The van der Waals surface area contributed by atoms with Crippen LogP contribution in [0, 0.1) is 5.92 Å². The molecule has 1 aromatic rings. The van der Waals surface area contributed by atoms with Crippen molar-refractivity contribution in [2.75, 3.05) is 25.5 Å². The van der Waals surface area contributed by atoms with E-state index in [9.17, 15) is 4.79 Å². The number of hydrogen-bond acceptors (Lipinski definition) is 2. The van der Waals surface area contributed by atoms with Crippen molar-refractivity contribution in [3.63, 3.8) is 0 Å². The van der Waals surface area contributed by atoms with Gasteiger partial charge in [-0.25, -0.2) is 0 Å². The second kappa shape index (κ2) is 6.29. The summed E-state index contributed by atoms with van der Waals surface area (Å²) in [4.78, 5) is 14.1. The van der Waals surface area contributed by atoms with Gasteiger partial charge < -0.3 is 10.2 Å². The quantitative estimate of drug-likeness (QED) is 0.860. The lowest BCUT2D eigenvalue weighted by Gasteiger charge is -2.16. The number of amides is 1. The van der Waals surface area contributed by atoms with Gasteiger partial charge in [0.15, 0.2) is 0 Å². The van der Waals surface area contributed by atoms with Gasteiger partial charge in [0, 0.05) is 37.3 Å². The topological polar surface area (TPSA) is 32.3 Å². The van der Waals surface area contributed by atoms with Crippen LogP contribution in [-0.4, -0.2) is 31.9 Å². The van der Waals surface area contributed by atoms with E-state index in [1.807, 2.05) is 43.3 Å². The van der Waals surface area contributed by atoms with Crippen LogP contribution in [0.5, 0.6) is 0 Å². The van der Waals surface area contributed by atoms with Crippen molar-refractivity contribution in [3.05, 3.63) is 29.8 Å². The first-order chi connectivity index (χ1) is 9.08. The fourth-order valence-corrected chi connectivity index (χ4v) is 2.84. The number of nitrogens with zero attached hydrogens (tertiary/aromatic N) is 1. The Balaban J connectivity index is 1.94. The first-order valence-electron chi connectivity index (χ1n) is 6.77. The SMILES string of the molecule is CN(C)c1cccc(C(=O)NCC2CCCC2Cl)c1. The van der Waals surface area contributed by atoms with Gasteiger partial charge in [0.05, 0.1) is 0 Å². The molecule has 1 N–H and O–H groups in total. The zero-order valence-corrected chi connectivity index (χ0v) is 12.3. The van der Waals surface area contributed by atoms with Crippen LogP contribution in [0.25, 0.3) is 0 Å². The molecule has 1 saturated carbocycles. The molecule has 0 aliphatic heterocycles. The molecule has 0 saturated heterocycles. The van der Waals surface area contributed by atoms with Crippen molar-refractivity contribution in [3.8, 4) is 0 Å². The number of nitrogens with one attached hydrogen (secondary N) is 1. The molecule has 104 valence electrons. The summed E-state index contributed by atoms with van der Waals surface area (Å²) in [5.41, 5.74) is 1.74. The van der Waals surface area contributed by atoms with Crippen LogP contribution in [0.15, 0.2) is 24.3 Å². The standard InChI is InChI=1S/C15H21ClN2O/c1-18(2)13-7-3-5-11(9-13)15(19)17-10-12-6-4-8-14(12)16/h3,5,7,9,12,14H,4,6,8,10H2,1-2H3,(H,17,19). The molecule has 1 fully saturated rings. The molecule has 3 nitrogen and oxygen atoms in total. The Morgan fingerprint density at radius 1 is 1.42 bits per heavy atom. The van der Waals surface area contributed by atoms with Gasteiger partial charge in [-0.2, -0.15) is 0 Å². The van der Waals surface area contributed by atoms with Crippen molar-refractivity contribution >= 4 is 23.2 Å². The molecular formula is C15H21ClN2O. The first-order valence-corrected chi connectivity index (χ1v) is 7.21. The van der Waals surface area contributed by atoms with E-state index in [1.165, 1.54) is 6.42 Å². The molecule has 1 aromatic carbocycles. The van der Waals surface area contributed by atoms with E-state index < -0.39 is 0 Å². The zero-order chi connectivity index (χ0) is 13.8. The van der Waals surface area contributed by atoms with Gasteiger partial charge in [-0.1, -0.05) is 12.5 Å². The van der Waals surface area contributed by atoms with Gasteiger partial charge in [-0.3, -0.25) is 4.79 Å². The monoisotopic (exact) mass is 280 g/mol. The van der Waals surface area contributed by atoms with Crippen LogP contribution >= 0.6 is 11.6 Å². The molecule has 1 amide bonds. The van der Waals surface area contributed by atoms with Gasteiger partial charge in [0.1, 0.15) is 0 Å². The fraction of sp³-hybridized carbons (Fsp3) is 0.533. The van der Waals surface area contributed by atoms with Crippen LogP contribution in [0.4, 0.5) is 5.69 Å². The molecule has 1 aliphatic carbocycles. The lowest BCUT2D eigenvalue weighted by Crippen LogP contribution is -2.31. The maximum Gasteiger partial charge on any atom is 0.251 e. The number of carbonyl (C=O) groups is 1. The Hall–Kier alpha value is -1.22. The Labute approximate surface area is 119 Å². The highest BCUT2D eigenvalue weighted by atomic mass is 35.5. The van der Waals surface area contributed by atoms with Crippen LogP contribution in [0.2, 0.25) is 0 Å². The lowest BCUT2D eigenvalue weighted by atomic mass is 10.1. The highest BCUT2D eigenvalue weighted by Gasteiger charge is 2.25. The number of carbonyl (C=O) groups excluding carboxylic acids is 1. The van der Waals surface area contributed by atoms with Gasteiger partial charge in [-0.15, -0.1) is 11.6 Å². The Morgan fingerprint density at radius 2 is 2.21 bits per heavy atom. The van der Waals surface area contributed by atoms with E-state index in [0.29, 0.717) is 18.0 Å². The predicted molar refractivity (Wildman–Crippen MR) is 80.1 cm³/mol. The Morgan fingerprint density at radius 3 is 2.84 bits per heavy atom. The molecule has 0 bridgehead atoms. The number of halogens is 1. The summed E-state index contributed by atoms with van der Waals surface area (Å²) in [5, 5.41) is 3.21. The highest BCUT2D eigenvalue weighted by molar-refractivity contribution is 6.21. The summed E-state index contributed by atoms with van der Waals surface area (Å²) in [6.07, 6.45) is 3.36. The highest BCUT2D eigenvalue weighted by Crippen LogP contribution is 2.29. The molecule has 1 aliphatic rings. The first kappa shape index (κ1) is 14.2. The van der Waals surface area contributed by atoms with Gasteiger partial charge in [0.25, 0.3) is 5.91 Å². The van der Waals surface area contributed by atoms with E-state index in [0.717, 1.165) is 18.5 Å². The maximum atomic E-state index is 12.1. The molecule has 19 heavy (non-hydrogen) atoms. The van der Waals surface area contributed by atoms with Crippen molar-refractivity contribution in [1.29, 1.82) is 0 Å². The third-order valence-corrected chi connectivity index (χ3v) is 4.29. The van der Waals surface area contributed by atoms with Crippen LogP contribution in [-0.2, 0) is 0 Å². The average Bonchev–Trinajstić information content (AvgIpc) is 2.81. The molecule has 2 rings (SSSR count). The Kier molecular flexibility index (Phi) is 4.70. The minimum Gasteiger partial charge on any atom is -0.378 e. The summed E-state index contributed by atoms with van der Waals surface area (Å²) in [6.45, 7) is 0.680. The van der Waals surface area contributed by atoms with Crippen LogP contribution in [0.1, 0.15) is 29.6 Å². The summed E-state index contributed by atoms with van der Waals surface area (Å²) < 4.78 is 0.